The van der Waals surface area contributed by atoms with Crippen molar-refractivity contribution in [3.8, 4) is 11.5 Å². The molecule has 0 aliphatic carbocycles. The van der Waals surface area contributed by atoms with Gasteiger partial charge in [0.2, 0.25) is 0 Å². The Kier molecular flexibility index (Phi) is 4.04. The van der Waals surface area contributed by atoms with Gasteiger partial charge in [-0.3, -0.25) is 0 Å². The molecule has 1 aliphatic rings. The molecule has 0 spiro atoms. The average Bonchev–Trinajstić information content (AvgIpc) is 2.84. The molecule has 0 radical (unpaired) electrons. The first-order chi connectivity index (χ1) is 8.33. The van der Waals surface area contributed by atoms with Gasteiger partial charge in [-0.05, 0) is 37.1 Å². The SMILES string of the molecule is C=CCc1ccc(O[C@@H]2CCNC2)c(OC)c1. The summed E-state index contributed by atoms with van der Waals surface area (Å²) in [6, 6.07) is 6.05. The molecule has 92 valence electrons. The lowest BCUT2D eigenvalue weighted by molar-refractivity contribution is 0.212. The van der Waals surface area contributed by atoms with Gasteiger partial charge >= 0.3 is 0 Å². The normalized spacial score (nSPS) is 19.0. The van der Waals surface area contributed by atoms with Gasteiger partial charge in [-0.2, -0.15) is 0 Å². The van der Waals surface area contributed by atoms with Crippen LogP contribution < -0.4 is 14.8 Å². The summed E-state index contributed by atoms with van der Waals surface area (Å²) in [5.41, 5.74) is 1.19. The average molecular weight is 233 g/mol. The molecule has 1 heterocycles. The van der Waals surface area contributed by atoms with Gasteiger partial charge in [-0.25, -0.2) is 0 Å². The Balaban J connectivity index is 2.12. The van der Waals surface area contributed by atoms with E-state index in [4.69, 9.17) is 9.47 Å². The molecule has 1 aliphatic heterocycles. The maximum absolute atomic E-state index is 5.92. The Morgan fingerprint density at radius 3 is 3.00 bits per heavy atom. The summed E-state index contributed by atoms with van der Waals surface area (Å²) in [4.78, 5) is 0. The first-order valence-electron chi connectivity index (χ1n) is 5.98. The van der Waals surface area contributed by atoms with Crippen molar-refractivity contribution < 1.29 is 9.47 Å². The zero-order valence-electron chi connectivity index (χ0n) is 10.2. The minimum atomic E-state index is 0.258. The summed E-state index contributed by atoms with van der Waals surface area (Å²) >= 11 is 0. The molecule has 3 heteroatoms. The molecule has 1 saturated heterocycles. The van der Waals surface area contributed by atoms with Crippen LogP contribution in [0.2, 0.25) is 0 Å². The van der Waals surface area contributed by atoms with E-state index in [9.17, 15) is 0 Å². The molecule has 1 aromatic rings. The van der Waals surface area contributed by atoms with Crippen LogP contribution in [0.15, 0.2) is 30.9 Å². The van der Waals surface area contributed by atoms with E-state index in [1.54, 1.807) is 7.11 Å². The first kappa shape index (κ1) is 12.0. The van der Waals surface area contributed by atoms with Crippen molar-refractivity contribution in [2.45, 2.75) is 18.9 Å². The monoisotopic (exact) mass is 233 g/mol. The van der Waals surface area contributed by atoms with Crippen molar-refractivity contribution in [2.24, 2.45) is 0 Å². The summed E-state index contributed by atoms with van der Waals surface area (Å²) in [5, 5.41) is 3.28. The van der Waals surface area contributed by atoms with Crippen LogP contribution in [-0.2, 0) is 6.42 Å². The molecule has 1 fully saturated rings. The van der Waals surface area contributed by atoms with E-state index in [1.807, 2.05) is 18.2 Å². The molecule has 1 N–H and O–H groups in total. The number of hydrogen-bond donors (Lipinski definition) is 1. The second kappa shape index (κ2) is 5.73. The maximum atomic E-state index is 5.92. The standard InChI is InChI=1S/C14H19NO2/c1-3-4-11-5-6-13(14(9-11)16-2)17-12-7-8-15-10-12/h3,5-6,9,12,15H,1,4,7-8,10H2,2H3/t12-/m1/s1. The minimum Gasteiger partial charge on any atom is -0.493 e. The Hall–Kier alpha value is -1.48. The molecule has 1 aromatic carbocycles. The Labute approximate surface area is 102 Å². The molecular weight excluding hydrogens is 214 g/mol. The van der Waals surface area contributed by atoms with Crippen LogP contribution in [0.4, 0.5) is 0 Å². The van der Waals surface area contributed by atoms with Gasteiger partial charge in [0.05, 0.1) is 7.11 Å². The van der Waals surface area contributed by atoms with Crippen LogP contribution in [0.25, 0.3) is 0 Å². The van der Waals surface area contributed by atoms with Crippen LogP contribution >= 0.6 is 0 Å². The fourth-order valence-corrected chi connectivity index (χ4v) is 2.01. The van der Waals surface area contributed by atoms with Gasteiger partial charge in [0.1, 0.15) is 6.10 Å². The number of methoxy groups -OCH3 is 1. The summed E-state index contributed by atoms with van der Waals surface area (Å²) in [7, 11) is 1.67. The fourth-order valence-electron chi connectivity index (χ4n) is 2.01. The lowest BCUT2D eigenvalue weighted by Crippen LogP contribution is -2.19. The van der Waals surface area contributed by atoms with Crippen LogP contribution in [0.5, 0.6) is 11.5 Å². The molecular formula is C14H19NO2. The molecule has 17 heavy (non-hydrogen) atoms. The quantitative estimate of drug-likeness (QED) is 0.791. The Bertz CT molecular complexity index is 384. The maximum Gasteiger partial charge on any atom is 0.161 e. The number of hydrogen-bond acceptors (Lipinski definition) is 3. The van der Waals surface area contributed by atoms with Crippen LogP contribution in [0.3, 0.4) is 0 Å². The van der Waals surface area contributed by atoms with Gasteiger partial charge < -0.3 is 14.8 Å². The summed E-state index contributed by atoms with van der Waals surface area (Å²) in [6.07, 6.45) is 4.05. The minimum absolute atomic E-state index is 0.258. The van der Waals surface area contributed by atoms with Crippen molar-refractivity contribution in [1.29, 1.82) is 0 Å². The number of benzene rings is 1. The fraction of sp³-hybridized carbons (Fsp3) is 0.429. The van der Waals surface area contributed by atoms with Crippen molar-refractivity contribution in [3.63, 3.8) is 0 Å². The molecule has 0 aromatic heterocycles. The van der Waals surface area contributed by atoms with E-state index in [0.717, 1.165) is 37.4 Å². The highest BCUT2D eigenvalue weighted by atomic mass is 16.5. The first-order valence-corrected chi connectivity index (χ1v) is 5.98. The van der Waals surface area contributed by atoms with Crippen molar-refractivity contribution >= 4 is 0 Å². The number of ether oxygens (including phenoxy) is 2. The molecule has 3 nitrogen and oxygen atoms in total. The number of nitrogens with one attached hydrogen (secondary N) is 1. The summed E-state index contributed by atoms with van der Waals surface area (Å²) in [5.74, 6) is 1.63. The molecule has 1 atom stereocenters. The molecule has 0 bridgehead atoms. The van der Waals surface area contributed by atoms with Gasteiger partial charge in [0.15, 0.2) is 11.5 Å². The van der Waals surface area contributed by atoms with E-state index in [2.05, 4.69) is 18.0 Å². The smallest absolute Gasteiger partial charge is 0.161 e. The van der Waals surface area contributed by atoms with Gasteiger partial charge in [-0.1, -0.05) is 12.1 Å². The van der Waals surface area contributed by atoms with E-state index in [0.29, 0.717) is 0 Å². The van der Waals surface area contributed by atoms with Crippen LogP contribution in [0, 0.1) is 0 Å². The van der Waals surface area contributed by atoms with E-state index in [-0.39, 0.29) is 6.10 Å². The van der Waals surface area contributed by atoms with E-state index >= 15 is 0 Å². The zero-order chi connectivity index (χ0) is 12.1. The van der Waals surface area contributed by atoms with E-state index < -0.39 is 0 Å². The third-order valence-corrected chi connectivity index (χ3v) is 2.92. The lowest BCUT2D eigenvalue weighted by atomic mass is 10.1. The topological polar surface area (TPSA) is 30.5 Å². The van der Waals surface area contributed by atoms with Crippen molar-refractivity contribution in [2.75, 3.05) is 20.2 Å². The third-order valence-electron chi connectivity index (χ3n) is 2.92. The second-order valence-electron chi connectivity index (χ2n) is 4.21. The Morgan fingerprint density at radius 2 is 2.35 bits per heavy atom. The highest BCUT2D eigenvalue weighted by molar-refractivity contribution is 5.43. The predicted molar refractivity (Wildman–Crippen MR) is 68.8 cm³/mol. The lowest BCUT2D eigenvalue weighted by Gasteiger charge is -2.16. The molecule has 2 rings (SSSR count). The highest BCUT2D eigenvalue weighted by Gasteiger charge is 2.17. The third kappa shape index (κ3) is 3.01. The van der Waals surface area contributed by atoms with Gasteiger partial charge in [-0.15, -0.1) is 6.58 Å². The second-order valence-corrected chi connectivity index (χ2v) is 4.21. The van der Waals surface area contributed by atoms with Crippen LogP contribution in [0.1, 0.15) is 12.0 Å². The number of allylic oxidation sites excluding steroid dienone is 1. The number of rotatable bonds is 5. The Morgan fingerprint density at radius 1 is 1.47 bits per heavy atom. The van der Waals surface area contributed by atoms with Gasteiger partial charge in [0.25, 0.3) is 0 Å². The summed E-state index contributed by atoms with van der Waals surface area (Å²) < 4.78 is 11.3. The van der Waals surface area contributed by atoms with E-state index in [1.165, 1.54) is 5.56 Å². The predicted octanol–water partition coefficient (Wildman–Crippen LogP) is 2.16. The molecule has 0 unspecified atom stereocenters. The van der Waals surface area contributed by atoms with Gasteiger partial charge in [0, 0.05) is 6.54 Å². The summed E-state index contributed by atoms with van der Waals surface area (Å²) in [6.45, 7) is 5.68. The van der Waals surface area contributed by atoms with Crippen molar-refractivity contribution in [1.82, 2.24) is 5.32 Å². The van der Waals surface area contributed by atoms with Crippen molar-refractivity contribution in [3.05, 3.63) is 36.4 Å². The molecule has 0 saturated carbocycles. The zero-order valence-corrected chi connectivity index (χ0v) is 10.2. The largest absolute Gasteiger partial charge is 0.493 e. The van der Waals surface area contributed by atoms with Crippen LogP contribution in [-0.4, -0.2) is 26.3 Å². The highest BCUT2D eigenvalue weighted by Crippen LogP contribution is 2.29. The molecule has 0 amide bonds.